The van der Waals surface area contributed by atoms with Crippen LogP contribution in [0.5, 0.6) is 0 Å². The highest BCUT2D eigenvalue weighted by atomic mass is 32.2. The summed E-state index contributed by atoms with van der Waals surface area (Å²) in [5.41, 5.74) is 16.9. The first-order chi connectivity index (χ1) is 52.4. The molecule has 3 aromatic heterocycles. The van der Waals surface area contributed by atoms with Crippen molar-refractivity contribution in [2.75, 3.05) is 13.1 Å². The van der Waals surface area contributed by atoms with Gasteiger partial charge in [0, 0.05) is 46.9 Å². The smallest absolute Gasteiger partial charge is 0.261 e. The second-order valence-corrected chi connectivity index (χ2v) is 28.2. The van der Waals surface area contributed by atoms with Crippen molar-refractivity contribution in [2.45, 2.75) is 45.8 Å². The average molecular weight is 1480 g/mol. The molecule has 0 fully saturated rings. The standard InChI is InChI=1S/C16H14N2S.C16H13NOS.C16H13NS2.2C14H11NO2.2C8H8/c2*1-2-12-7-9-13(10-8-12)11-19-16-17-14-5-3-4-6-15(14)18-16;1-2-12-7-9-13(10-8-12)11-18-16-17-14-5-3-4-6-15(14)19-16;1-2-15-13(16)10-7-3-5-9-6-4-8-11(12(9)10)14(15)17;1-2-15-13(16)11-7-9-5-3-4-6-10(9)8-12(11)14(15)17;2*1-2-8-6-4-3-5-7-8/h2-10H,1,11H2,(H,17,18);2*2-10H,1,11H2;2*3-8H,2H2,1H3;2*2-7H,1H2. The molecule has 0 bridgehead atoms. The first-order valence-electron chi connectivity index (χ1n) is 34.7. The number of aromatic amines is 1. The monoisotopic (exact) mass is 1470 g/mol. The SMILES string of the molecule is C=Cc1ccc(CSc2nc3ccccc3[nH]2)cc1.C=Cc1ccc(CSc2nc3ccccc3o2)cc1.C=Cc1ccc(CSc2nc3ccccc3s2)cc1.C=Cc1ccccc1.C=Cc1ccccc1.CCN1C(=O)c2cc3ccccc3cc2C1=O.CCN1C(=O)c2cccc3cccc(c23)C1=O. The predicted molar refractivity (Wildman–Crippen MR) is 451 cm³/mol. The fourth-order valence-electron chi connectivity index (χ4n) is 11.3. The molecule has 12 aromatic carbocycles. The van der Waals surface area contributed by atoms with Crippen molar-refractivity contribution < 1.29 is 23.6 Å². The summed E-state index contributed by atoms with van der Waals surface area (Å²) in [6.45, 7) is 23.0. The normalized spacial score (nSPS) is 11.6. The van der Waals surface area contributed by atoms with Gasteiger partial charge in [0.05, 0.1) is 32.4 Å². The van der Waals surface area contributed by atoms with Gasteiger partial charge in [0.15, 0.2) is 15.1 Å². The molecule has 0 spiro atoms. The number of imide groups is 2. The van der Waals surface area contributed by atoms with Crippen molar-refractivity contribution in [3.05, 3.63) is 379 Å². The molecule has 0 saturated heterocycles. The number of benzene rings is 12. The van der Waals surface area contributed by atoms with Gasteiger partial charge in [-0.15, -0.1) is 11.3 Å². The second-order valence-electron chi connectivity index (χ2n) is 24.1. The number of H-pyrrole nitrogens is 1. The fourth-order valence-corrected chi connectivity index (χ4v) is 15.0. The van der Waals surface area contributed by atoms with E-state index in [2.05, 4.69) is 144 Å². The van der Waals surface area contributed by atoms with Crippen LogP contribution in [0.3, 0.4) is 0 Å². The van der Waals surface area contributed by atoms with Crippen LogP contribution in [-0.4, -0.2) is 66.5 Å². The number of thioether (sulfide) groups is 3. The van der Waals surface area contributed by atoms with Gasteiger partial charge in [-0.3, -0.25) is 29.0 Å². The Morgan fingerprint density at radius 3 is 1.24 bits per heavy atom. The number of fused-ring (bicyclic) bond motifs is 5. The van der Waals surface area contributed by atoms with Crippen molar-refractivity contribution in [1.29, 1.82) is 0 Å². The van der Waals surface area contributed by atoms with Crippen LogP contribution in [0, 0.1) is 0 Å². The lowest BCUT2D eigenvalue weighted by Crippen LogP contribution is -2.39. The highest BCUT2D eigenvalue weighted by Gasteiger charge is 2.35. The lowest BCUT2D eigenvalue weighted by molar-refractivity contribution is 0.0614. The summed E-state index contributed by atoms with van der Waals surface area (Å²) in [5, 5.41) is 5.39. The van der Waals surface area contributed by atoms with Gasteiger partial charge >= 0.3 is 0 Å². The molecule has 15 heteroatoms. The van der Waals surface area contributed by atoms with Crippen molar-refractivity contribution in [3.8, 4) is 0 Å². The maximum absolute atomic E-state index is 12.1. The largest absolute Gasteiger partial charge is 0.431 e. The third-order valence-electron chi connectivity index (χ3n) is 17.1. The number of carbonyl (C=O) groups excluding carboxylic acids is 4. The minimum atomic E-state index is -0.193. The number of thiazole rings is 1. The topological polar surface area (TPSA) is 142 Å². The molecule has 107 heavy (non-hydrogen) atoms. The highest BCUT2D eigenvalue weighted by molar-refractivity contribution is 8.00. The zero-order chi connectivity index (χ0) is 74.9. The van der Waals surface area contributed by atoms with E-state index in [0.29, 0.717) is 40.6 Å². The van der Waals surface area contributed by atoms with Gasteiger partial charge in [0.25, 0.3) is 28.9 Å². The lowest BCUT2D eigenvalue weighted by atomic mass is 9.94. The molecule has 4 amide bonds. The molecule has 1 N–H and O–H groups in total. The summed E-state index contributed by atoms with van der Waals surface area (Å²) in [6.07, 6.45) is 9.23. The van der Waals surface area contributed by atoms with Gasteiger partial charge in [-0.25, -0.2) is 15.0 Å². The van der Waals surface area contributed by atoms with Crippen molar-refractivity contribution in [1.82, 2.24) is 29.7 Å². The molecule has 2 aliphatic heterocycles. The zero-order valence-corrected chi connectivity index (χ0v) is 62.7. The molecular formula is C92H78N6O5S4. The summed E-state index contributed by atoms with van der Waals surface area (Å²) in [7, 11) is 0. The Bertz CT molecular complexity index is 5050. The Labute approximate surface area is 640 Å². The van der Waals surface area contributed by atoms with E-state index in [4.69, 9.17) is 4.42 Å². The highest BCUT2D eigenvalue weighted by Crippen LogP contribution is 2.34. The van der Waals surface area contributed by atoms with Crippen LogP contribution in [0.25, 0.3) is 84.3 Å². The number of para-hydroxylation sites is 5. The number of hydrogen-bond donors (Lipinski definition) is 1. The summed E-state index contributed by atoms with van der Waals surface area (Å²) >= 11 is 6.88. The van der Waals surface area contributed by atoms with Gasteiger partial charge in [0.1, 0.15) is 5.52 Å². The maximum Gasteiger partial charge on any atom is 0.261 e. The minimum absolute atomic E-state index is 0.182. The number of hydrogen-bond acceptors (Lipinski definition) is 12. The molecular weight excluding hydrogens is 1400 g/mol. The summed E-state index contributed by atoms with van der Waals surface area (Å²) < 4.78 is 8.06. The Balaban J connectivity index is 0.000000127. The molecule has 0 aliphatic carbocycles. The predicted octanol–water partition coefficient (Wildman–Crippen LogP) is 24.1. The molecule has 530 valence electrons. The van der Waals surface area contributed by atoms with Crippen LogP contribution in [0.15, 0.2) is 331 Å². The summed E-state index contributed by atoms with van der Waals surface area (Å²) in [4.78, 5) is 67.8. The van der Waals surface area contributed by atoms with Crippen LogP contribution in [0.1, 0.15) is 99.8 Å². The Kier molecular flexibility index (Phi) is 27.2. The Hall–Kier alpha value is -12.0. The number of rotatable bonds is 16. The Morgan fingerprint density at radius 1 is 0.383 bits per heavy atom. The van der Waals surface area contributed by atoms with Crippen LogP contribution >= 0.6 is 46.6 Å². The van der Waals surface area contributed by atoms with E-state index in [1.54, 1.807) is 77.8 Å². The van der Waals surface area contributed by atoms with Gasteiger partial charge in [-0.1, -0.05) is 317 Å². The van der Waals surface area contributed by atoms with Crippen molar-refractivity contribution in [3.63, 3.8) is 0 Å². The molecule has 11 nitrogen and oxygen atoms in total. The number of imidazole rings is 1. The minimum Gasteiger partial charge on any atom is -0.431 e. The fraction of sp³-hybridized carbons (Fsp3) is 0.0761. The van der Waals surface area contributed by atoms with Crippen LogP contribution in [0.4, 0.5) is 0 Å². The van der Waals surface area contributed by atoms with Gasteiger partial charge in [0.2, 0.25) is 0 Å². The van der Waals surface area contributed by atoms with E-state index in [1.165, 1.54) is 42.3 Å². The first kappa shape index (κ1) is 76.2. The molecule has 2 aliphatic rings. The van der Waals surface area contributed by atoms with Gasteiger partial charge in [-0.05, 0) is 135 Å². The third-order valence-corrected chi connectivity index (χ3v) is 21.2. The molecule has 5 heterocycles. The zero-order valence-electron chi connectivity index (χ0n) is 59.4. The van der Waals surface area contributed by atoms with E-state index in [-0.39, 0.29) is 23.6 Å². The molecule has 0 atom stereocenters. The second kappa shape index (κ2) is 38.2. The van der Waals surface area contributed by atoms with Crippen LogP contribution < -0.4 is 0 Å². The molecule has 0 saturated carbocycles. The molecule has 17 rings (SSSR count). The van der Waals surface area contributed by atoms with Gasteiger partial charge in [-0.2, -0.15) is 0 Å². The summed E-state index contributed by atoms with van der Waals surface area (Å²) in [6, 6.07) is 92.0. The van der Waals surface area contributed by atoms with Crippen molar-refractivity contribution in [2.24, 2.45) is 0 Å². The van der Waals surface area contributed by atoms with Crippen molar-refractivity contribution >= 4 is 155 Å². The van der Waals surface area contributed by atoms with E-state index < -0.39 is 0 Å². The maximum atomic E-state index is 12.1. The molecule has 15 aromatic rings. The Morgan fingerprint density at radius 2 is 0.785 bits per heavy atom. The lowest BCUT2D eigenvalue weighted by Gasteiger charge is -2.25. The van der Waals surface area contributed by atoms with Crippen LogP contribution in [-0.2, 0) is 17.3 Å². The van der Waals surface area contributed by atoms with E-state index >= 15 is 0 Å². The molecule has 0 radical (unpaired) electrons. The number of nitrogens with zero attached hydrogens (tertiary/aromatic N) is 5. The number of aromatic nitrogens is 4. The number of nitrogens with one attached hydrogen (secondary N) is 1. The molecule has 0 unspecified atom stereocenters. The van der Waals surface area contributed by atoms with Crippen LogP contribution in [0.2, 0.25) is 0 Å². The number of carbonyl (C=O) groups is 4. The third kappa shape index (κ3) is 20.1. The van der Waals surface area contributed by atoms with E-state index in [0.717, 1.165) is 92.6 Å². The quantitative estimate of drug-likeness (QED) is 0.0730. The number of amides is 4. The number of oxazole rings is 1. The van der Waals surface area contributed by atoms with E-state index in [1.807, 2.05) is 201 Å². The summed E-state index contributed by atoms with van der Waals surface area (Å²) in [5.74, 6) is 1.97. The van der Waals surface area contributed by atoms with Gasteiger partial charge < -0.3 is 9.40 Å². The van der Waals surface area contributed by atoms with E-state index in [9.17, 15) is 19.2 Å². The average Bonchev–Trinajstić information content (AvgIpc) is 1.11. The first-order valence-corrected chi connectivity index (χ1v) is 38.5.